The SMILES string of the molecule is CC1(C)CC(=O)C2=C(C1)Nc1ccccc1N(C(=O)Cc1ccc(Cl)cc1)C2c1ccco1. The van der Waals surface area contributed by atoms with Crippen LogP contribution >= 0.6 is 11.6 Å². The van der Waals surface area contributed by atoms with Crippen LogP contribution in [0.2, 0.25) is 5.02 Å². The molecule has 1 unspecified atom stereocenters. The normalized spacial score (nSPS) is 19.4. The van der Waals surface area contributed by atoms with Crippen molar-refractivity contribution in [1.29, 1.82) is 0 Å². The third-order valence-electron chi connectivity index (χ3n) is 6.25. The van der Waals surface area contributed by atoms with Crippen LogP contribution in [0.25, 0.3) is 0 Å². The Bertz CT molecular complexity index is 1240. The monoisotopic (exact) mass is 460 g/mol. The number of nitrogens with zero attached hydrogens (tertiary/aromatic N) is 1. The third kappa shape index (κ3) is 4.09. The van der Waals surface area contributed by atoms with E-state index in [1.165, 1.54) is 0 Å². The van der Waals surface area contributed by atoms with Crippen molar-refractivity contribution in [3.63, 3.8) is 0 Å². The number of para-hydroxylation sites is 2. The Balaban J connectivity index is 1.68. The highest BCUT2D eigenvalue weighted by Crippen LogP contribution is 2.48. The number of rotatable bonds is 3. The van der Waals surface area contributed by atoms with Crippen molar-refractivity contribution in [3.8, 4) is 0 Å². The summed E-state index contributed by atoms with van der Waals surface area (Å²) in [5.74, 6) is 0.477. The summed E-state index contributed by atoms with van der Waals surface area (Å²) in [6.07, 6.45) is 2.88. The molecule has 1 amide bonds. The fraction of sp³-hybridized carbons (Fsp3) is 0.259. The van der Waals surface area contributed by atoms with Gasteiger partial charge in [0.2, 0.25) is 5.91 Å². The molecular weight excluding hydrogens is 436 g/mol. The predicted molar refractivity (Wildman–Crippen MR) is 129 cm³/mol. The standard InChI is InChI=1S/C27H25ClN2O3/c1-27(2)15-20-25(22(31)16-27)26(23-8-5-13-33-23)30(21-7-4-3-6-19(21)29-20)24(32)14-17-9-11-18(28)12-10-17/h3-13,26,29H,14-16H2,1-2H3. The van der Waals surface area contributed by atoms with Crippen molar-refractivity contribution in [1.82, 2.24) is 0 Å². The van der Waals surface area contributed by atoms with E-state index in [1.807, 2.05) is 42.5 Å². The highest BCUT2D eigenvalue weighted by molar-refractivity contribution is 6.30. The van der Waals surface area contributed by atoms with Crippen LogP contribution in [0.3, 0.4) is 0 Å². The molecule has 1 N–H and O–H groups in total. The maximum Gasteiger partial charge on any atom is 0.232 e. The second-order valence-corrected chi connectivity index (χ2v) is 9.90. The zero-order valence-electron chi connectivity index (χ0n) is 18.6. The summed E-state index contributed by atoms with van der Waals surface area (Å²) in [5.41, 5.74) is 3.65. The number of amides is 1. The van der Waals surface area contributed by atoms with Crippen LogP contribution in [-0.4, -0.2) is 11.7 Å². The Hall–Kier alpha value is -3.31. The summed E-state index contributed by atoms with van der Waals surface area (Å²) in [5, 5.41) is 4.12. The van der Waals surface area contributed by atoms with E-state index in [2.05, 4.69) is 19.2 Å². The molecule has 0 saturated carbocycles. The molecule has 168 valence electrons. The van der Waals surface area contributed by atoms with E-state index in [9.17, 15) is 9.59 Å². The number of hydrogen-bond acceptors (Lipinski definition) is 4. The highest BCUT2D eigenvalue weighted by atomic mass is 35.5. The van der Waals surface area contributed by atoms with Crippen LogP contribution in [0.15, 0.2) is 82.6 Å². The number of carbonyl (C=O) groups is 2. The van der Waals surface area contributed by atoms with Gasteiger partial charge in [0.1, 0.15) is 11.8 Å². The van der Waals surface area contributed by atoms with Gasteiger partial charge in [-0.2, -0.15) is 0 Å². The number of fused-ring (bicyclic) bond motifs is 1. The lowest BCUT2D eigenvalue weighted by atomic mass is 9.74. The number of nitrogens with one attached hydrogen (secondary N) is 1. The summed E-state index contributed by atoms with van der Waals surface area (Å²) in [6.45, 7) is 4.19. The molecule has 1 aliphatic heterocycles. The lowest BCUT2D eigenvalue weighted by Gasteiger charge is -2.36. The summed E-state index contributed by atoms with van der Waals surface area (Å²) in [7, 11) is 0. The maximum atomic E-state index is 13.9. The van der Waals surface area contributed by atoms with Crippen LogP contribution in [-0.2, 0) is 16.0 Å². The first-order chi connectivity index (χ1) is 15.8. The summed E-state index contributed by atoms with van der Waals surface area (Å²) >= 11 is 6.03. The molecule has 0 spiro atoms. The topological polar surface area (TPSA) is 62.6 Å². The first-order valence-corrected chi connectivity index (χ1v) is 11.4. The fourth-order valence-corrected chi connectivity index (χ4v) is 4.97. The zero-order valence-corrected chi connectivity index (χ0v) is 19.4. The predicted octanol–water partition coefficient (Wildman–Crippen LogP) is 6.32. The third-order valence-corrected chi connectivity index (χ3v) is 6.50. The van der Waals surface area contributed by atoms with E-state index in [-0.39, 0.29) is 23.5 Å². The molecule has 5 nitrogen and oxygen atoms in total. The molecule has 33 heavy (non-hydrogen) atoms. The Morgan fingerprint density at radius 3 is 2.58 bits per heavy atom. The zero-order chi connectivity index (χ0) is 23.2. The van der Waals surface area contributed by atoms with Crippen molar-refractivity contribution in [2.75, 3.05) is 10.2 Å². The summed E-state index contributed by atoms with van der Waals surface area (Å²) in [6, 6.07) is 17.9. The lowest BCUT2D eigenvalue weighted by molar-refractivity contribution is -0.119. The molecule has 2 aromatic carbocycles. The molecule has 0 radical (unpaired) electrons. The van der Waals surface area contributed by atoms with E-state index in [1.54, 1.807) is 29.4 Å². The van der Waals surface area contributed by atoms with Crippen LogP contribution in [0.5, 0.6) is 0 Å². The van der Waals surface area contributed by atoms with Gasteiger partial charge in [-0.1, -0.05) is 49.7 Å². The Morgan fingerprint density at radius 1 is 1.09 bits per heavy atom. The van der Waals surface area contributed by atoms with Crippen molar-refractivity contribution in [2.45, 2.75) is 39.2 Å². The molecule has 0 fully saturated rings. The van der Waals surface area contributed by atoms with Gasteiger partial charge in [0.15, 0.2) is 5.78 Å². The number of carbonyl (C=O) groups excluding carboxylic acids is 2. The highest BCUT2D eigenvalue weighted by Gasteiger charge is 2.44. The number of allylic oxidation sites excluding steroid dienone is 1. The molecular formula is C27H25ClN2O3. The number of benzene rings is 2. The average molecular weight is 461 g/mol. The van der Waals surface area contributed by atoms with Gasteiger partial charge in [-0.25, -0.2) is 0 Å². The summed E-state index contributed by atoms with van der Waals surface area (Å²) in [4.78, 5) is 29.1. The fourth-order valence-electron chi connectivity index (χ4n) is 4.84. The van der Waals surface area contributed by atoms with Gasteiger partial charge >= 0.3 is 0 Å². The summed E-state index contributed by atoms with van der Waals surface area (Å²) < 4.78 is 5.81. The quantitative estimate of drug-likeness (QED) is 0.496. The minimum absolute atomic E-state index is 0.0345. The smallest absolute Gasteiger partial charge is 0.232 e. The molecule has 2 heterocycles. The minimum Gasteiger partial charge on any atom is -0.467 e. The molecule has 0 saturated heterocycles. The average Bonchev–Trinajstić information content (AvgIpc) is 3.24. The van der Waals surface area contributed by atoms with E-state index in [0.29, 0.717) is 29.2 Å². The number of furan rings is 1. The van der Waals surface area contributed by atoms with Gasteiger partial charge in [0.05, 0.1) is 24.1 Å². The molecule has 1 atom stereocenters. The maximum absolute atomic E-state index is 13.9. The van der Waals surface area contributed by atoms with E-state index in [4.69, 9.17) is 16.0 Å². The van der Waals surface area contributed by atoms with Gasteiger partial charge in [-0.15, -0.1) is 0 Å². The molecule has 6 heteroatoms. The minimum atomic E-state index is -0.644. The van der Waals surface area contributed by atoms with Crippen LogP contribution in [0.1, 0.15) is 44.1 Å². The van der Waals surface area contributed by atoms with Gasteiger partial charge in [-0.3, -0.25) is 14.5 Å². The first-order valence-electron chi connectivity index (χ1n) is 11.0. The van der Waals surface area contributed by atoms with Gasteiger partial charge in [-0.05, 0) is 53.8 Å². The molecule has 5 rings (SSSR count). The van der Waals surface area contributed by atoms with Crippen molar-refractivity contribution < 1.29 is 14.0 Å². The van der Waals surface area contributed by atoms with Crippen molar-refractivity contribution in [2.24, 2.45) is 5.41 Å². The van der Waals surface area contributed by atoms with Crippen LogP contribution < -0.4 is 10.2 Å². The molecule has 0 bridgehead atoms. The Labute approximate surface area is 198 Å². The van der Waals surface area contributed by atoms with Gasteiger partial charge in [0, 0.05) is 22.7 Å². The van der Waals surface area contributed by atoms with Crippen LogP contribution in [0, 0.1) is 5.41 Å². The van der Waals surface area contributed by atoms with E-state index >= 15 is 0 Å². The number of Topliss-reactive ketones (excluding diaryl/α,β-unsaturated/α-hetero) is 1. The van der Waals surface area contributed by atoms with Crippen molar-refractivity contribution >= 4 is 34.7 Å². The molecule has 3 aromatic rings. The Morgan fingerprint density at radius 2 is 1.85 bits per heavy atom. The first kappa shape index (κ1) is 21.5. The largest absolute Gasteiger partial charge is 0.467 e. The van der Waals surface area contributed by atoms with E-state index < -0.39 is 6.04 Å². The lowest BCUT2D eigenvalue weighted by Crippen LogP contribution is -2.40. The number of hydrogen-bond donors (Lipinski definition) is 1. The van der Waals surface area contributed by atoms with Crippen LogP contribution in [0.4, 0.5) is 11.4 Å². The van der Waals surface area contributed by atoms with Gasteiger partial charge in [0.25, 0.3) is 0 Å². The Kier molecular flexibility index (Phi) is 5.37. The van der Waals surface area contributed by atoms with Gasteiger partial charge < -0.3 is 9.73 Å². The second kappa shape index (κ2) is 8.23. The van der Waals surface area contributed by atoms with E-state index in [0.717, 1.165) is 22.6 Å². The molecule has 1 aliphatic carbocycles. The number of halogens is 1. The molecule has 2 aliphatic rings. The number of ketones is 1. The number of anilines is 2. The van der Waals surface area contributed by atoms with Crippen molar-refractivity contribution in [3.05, 3.63) is 94.5 Å². The molecule has 1 aromatic heterocycles. The second-order valence-electron chi connectivity index (χ2n) is 9.46.